The van der Waals surface area contributed by atoms with Crippen LogP contribution >= 0.6 is 11.8 Å². The molecule has 1 nitrogen and oxygen atoms in total. The van der Waals surface area contributed by atoms with Crippen molar-refractivity contribution in [3.63, 3.8) is 0 Å². The second-order valence-corrected chi connectivity index (χ2v) is 2.53. The monoisotopic (exact) mass is 153 g/mol. The van der Waals surface area contributed by atoms with Gasteiger partial charge < -0.3 is 0 Å². The van der Waals surface area contributed by atoms with Gasteiger partial charge in [0.2, 0.25) is 0 Å². The van der Waals surface area contributed by atoms with Crippen LogP contribution in [0.2, 0.25) is 0 Å². The lowest BCUT2D eigenvalue weighted by molar-refractivity contribution is 1.14. The molecule has 0 radical (unpaired) electrons. The van der Waals surface area contributed by atoms with Gasteiger partial charge in [-0.25, -0.2) is 0 Å². The molecule has 0 aliphatic heterocycles. The number of nitriles is 1. The summed E-state index contributed by atoms with van der Waals surface area (Å²) in [5.74, 6) is 0. The summed E-state index contributed by atoms with van der Waals surface area (Å²) in [5, 5.41) is 10.4. The first-order chi connectivity index (χ1) is 4.76. The van der Waals surface area contributed by atoms with E-state index in [2.05, 4.69) is 6.58 Å². The number of allylic oxidation sites excluding steroid dienone is 2. The fourth-order valence-corrected chi connectivity index (χ4v) is 1.18. The summed E-state index contributed by atoms with van der Waals surface area (Å²) in [6.07, 6.45) is 2.85. The molecule has 0 spiro atoms. The molecule has 0 aliphatic carbocycles. The highest BCUT2D eigenvalue weighted by molar-refractivity contribution is 8.01. The molecule has 0 atom stereocenters. The van der Waals surface area contributed by atoms with Gasteiger partial charge in [0.15, 0.2) is 0 Å². The van der Waals surface area contributed by atoms with Gasteiger partial charge >= 0.3 is 0 Å². The minimum atomic E-state index is 0.580. The predicted octanol–water partition coefficient (Wildman–Crippen LogP) is 2.72. The Balaban J connectivity index is 4.24. The van der Waals surface area contributed by atoms with Crippen molar-refractivity contribution in [1.29, 1.82) is 5.26 Å². The smallest absolute Gasteiger partial charge is 0.0988 e. The molecule has 2 heteroatoms. The molecular weight excluding hydrogens is 142 g/mol. The molecule has 0 aromatic rings. The second-order valence-electron chi connectivity index (χ2n) is 1.82. The molecule has 0 saturated heterocycles. The van der Waals surface area contributed by atoms with E-state index >= 15 is 0 Å². The topological polar surface area (TPSA) is 23.8 Å². The quantitative estimate of drug-likeness (QED) is 0.460. The van der Waals surface area contributed by atoms with E-state index < -0.39 is 0 Å². The van der Waals surface area contributed by atoms with Gasteiger partial charge in [0.25, 0.3) is 0 Å². The van der Waals surface area contributed by atoms with E-state index in [4.69, 9.17) is 5.26 Å². The van der Waals surface area contributed by atoms with Crippen molar-refractivity contribution in [3.8, 4) is 6.07 Å². The highest BCUT2D eigenvalue weighted by Crippen LogP contribution is 2.14. The molecule has 0 aromatic carbocycles. The molecule has 0 fully saturated rings. The van der Waals surface area contributed by atoms with Crippen LogP contribution in [0.5, 0.6) is 0 Å². The average Bonchev–Trinajstić information content (AvgIpc) is 1.99. The minimum Gasteiger partial charge on any atom is -0.192 e. The first kappa shape index (κ1) is 9.32. The van der Waals surface area contributed by atoms with E-state index in [1.54, 1.807) is 11.8 Å². The predicted molar refractivity (Wildman–Crippen MR) is 46.6 cm³/mol. The minimum absolute atomic E-state index is 0.580. The van der Waals surface area contributed by atoms with Crippen LogP contribution in [0.15, 0.2) is 23.1 Å². The van der Waals surface area contributed by atoms with Crippen LogP contribution in [0.4, 0.5) is 0 Å². The number of rotatable bonds is 3. The summed E-state index contributed by atoms with van der Waals surface area (Å²) in [5.41, 5.74) is 1.62. The van der Waals surface area contributed by atoms with Crippen molar-refractivity contribution >= 4 is 11.8 Å². The summed E-state index contributed by atoms with van der Waals surface area (Å²) in [6.45, 7) is 5.64. The Morgan fingerprint density at radius 1 is 1.80 bits per heavy atom. The van der Waals surface area contributed by atoms with E-state index in [1.165, 1.54) is 0 Å². The highest BCUT2D eigenvalue weighted by atomic mass is 32.2. The highest BCUT2D eigenvalue weighted by Gasteiger charge is 1.96. The van der Waals surface area contributed by atoms with Gasteiger partial charge in [-0.2, -0.15) is 5.26 Å². The van der Waals surface area contributed by atoms with E-state index in [0.717, 1.165) is 12.0 Å². The lowest BCUT2D eigenvalue weighted by atomic mass is 10.1. The van der Waals surface area contributed by atoms with Gasteiger partial charge in [-0.3, -0.25) is 0 Å². The zero-order chi connectivity index (χ0) is 7.98. The Kier molecular flexibility index (Phi) is 4.78. The van der Waals surface area contributed by atoms with Crippen LogP contribution in [0.25, 0.3) is 0 Å². The van der Waals surface area contributed by atoms with Crippen molar-refractivity contribution in [2.45, 2.75) is 13.3 Å². The standard InChI is InChI=1S/C8H11NS/c1-4-8(6-10-3)7(2)5-9/h6H,2,4H2,1,3H3. The summed E-state index contributed by atoms with van der Waals surface area (Å²) in [6, 6.07) is 2.02. The normalized spacial score (nSPS) is 10.7. The summed E-state index contributed by atoms with van der Waals surface area (Å²) < 4.78 is 0. The van der Waals surface area contributed by atoms with Crippen LogP contribution in [-0.4, -0.2) is 6.26 Å². The zero-order valence-electron chi connectivity index (χ0n) is 6.35. The van der Waals surface area contributed by atoms with E-state index in [9.17, 15) is 0 Å². The van der Waals surface area contributed by atoms with Crippen LogP contribution in [0.1, 0.15) is 13.3 Å². The third-order valence-corrected chi connectivity index (χ3v) is 1.68. The van der Waals surface area contributed by atoms with Gasteiger partial charge in [-0.1, -0.05) is 13.5 Å². The van der Waals surface area contributed by atoms with Crippen molar-refractivity contribution in [3.05, 3.63) is 23.1 Å². The second kappa shape index (κ2) is 5.13. The largest absolute Gasteiger partial charge is 0.192 e. The summed E-state index contributed by atoms with van der Waals surface area (Å²) in [4.78, 5) is 0. The Bertz CT molecular complexity index is 186. The number of hydrogen-bond donors (Lipinski definition) is 0. The summed E-state index contributed by atoms with van der Waals surface area (Å²) >= 11 is 1.60. The molecule has 0 saturated carbocycles. The molecule has 54 valence electrons. The van der Waals surface area contributed by atoms with Crippen molar-refractivity contribution in [1.82, 2.24) is 0 Å². The first-order valence-corrected chi connectivity index (χ1v) is 4.36. The molecule has 0 heterocycles. The van der Waals surface area contributed by atoms with Crippen LogP contribution in [0.3, 0.4) is 0 Å². The van der Waals surface area contributed by atoms with Gasteiger partial charge in [0.1, 0.15) is 0 Å². The van der Waals surface area contributed by atoms with Gasteiger partial charge in [-0.15, -0.1) is 11.8 Å². The molecule has 10 heavy (non-hydrogen) atoms. The Morgan fingerprint density at radius 3 is 2.70 bits per heavy atom. The third kappa shape index (κ3) is 2.75. The van der Waals surface area contributed by atoms with Crippen LogP contribution < -0.4 is 0 Å². The van der Waals surface area contributed by atoms with E-state index in [1.807, 2.05) is 24.7 Å². The van der Waals surface area contributed by atoms with Crippen molar-refractivity contribution in [2.24, 2.45) is 0 Å². The Hall–Kier alpha value is -0.680. The van der Waals surface area contributed by atoms with Gasteiger partial charge in [0.05, 0.1) is 6.07 Å². The molecule has 0 amide bonds. The average molecular weight is 153 g/mol. The maximum atomic E-state index is 8.46. The van der Waals surface area contributed by atoms with Crippen LogP contribution in [-0.2, 0) is 0 Å². The van der Waals surface area contributed by atoms with E-state index in [0.29, 0.717) is 5.57 Å². The summed E-state index contributed by atoms with van der Waals surface area (Å²) in [7, 11) is 0. The first-order valence-electron chi connectivity index (χ1n) is 3.07. The van der Waals surface area contributed by atoms with E-state index in [-0.39, 0.29) is 0 Å². The SMILES string of the molecule is C=C(C#N)C(=CSC)CC. The molecule has 0 aromatic heterocycles. The van der Waals surface area contributed by atoms with Crippen molar-refractivity contribution < 1.29 is 0 Å². The Labute approximate surface area is 66.4 Å². The number of nitrogens with zero attached hydrogens (tertiary/aromatic N) is 1. The Morgan fingerprint density at radius 2 is 2.40 bits per heavy atom. The molecule has 0 bridgehead atoms. The fourth-order valence-electron chi connectivity index (χ4n) is 0.582. The number of thioether (sulfide) groups is 1. The van der Waals surface area contributed by atoms with Crippen molar-refractivity contribution in [2.75, 3.05) is 6.26 Å². The van der Waals surface area contributed by atoms with Crippen LogP contribution in [0, 0.1) is 11.3 Å². The molecular formula is C8H11NS. The fraction of sp³-hybridized carbons (Fsp3) is 0.375. The van der Waals surface area contributed by atoms with Gasteiger partial charge in [-0.05, 0) is 23.7 Å². The lowest BCUT2D eigenvalue weighted by Crippen LogP contribution is -1.81. The molecule has 0 aliphatic rings. The van der Waals surface area contributed by atoms with Gasteiger partial charge in [0, 0.05) is 5.57 Å². The zero-order valence-corrected chi connectivity index (χ0v) is 7.16. The maximum Gasteiger partial charge on any atom is 0.0988 e. The third-order valence-electron chi connectivity index (χ3n) is 1.16. The number of hydrogen-bond acceptors (Lipinski definition) is 2. The molecule has 0 N–H and O–H groups in total. The maximum absolute atomic E-state index is 8.46. The molecule has 0 unspecified atom stereocenters. The lowest BCUT2D eigenvalue weighted by Gasteiger charge is -1.97. The molecule has 0 rings (SSSR count).